The summed E-state index contributed by atoms with van der Waals surface area (Å²) < 4.78 is 17.7. The molecule has 0 spiro atoms. The molecule has 7 nitrogen and oxygen atoms in total. The summed E-state index contributed by atoms with van der Waals surface area (Å²) in [6.45, 7) is 5.90. The number of thioether (sulfide) groups is 1. The van der Waals surface area contributed by atoms with Gasteiger partial charge in [0.25, 0.3) is 5.88 Å². The molecule has 0 amide bonds. The predicted molar refractivity (Wildman–Crippen MR) is 111 cm³/mol. The second-order valence-corrected chi connectivity index (χ2v) is 7.80. The van der Waals surface area contributed by atoms with Crippen molar-refractivity contribution in [3.63, 3.8) is 0 Å². The van der Waals surface area contributed by atoms with E-state index in [2.05, 4.69) is 26.0 Å². The van der Waals surface area contributed by atoms with Crippen molar-refractivity contribution >= 4 is 17.6 Å². The molecule has 1 atom stereocenters. The molecule has 0 saturated carbocycles. The van der Waals surface area contributed by atoms with Gasteiger partial charge in [0, 0.05) is 50.9 Å². The van der Waals surface area contributed by atoms with Crippen molar-refractivity contribution in [3.05, 3.63) is 36.7 Å². The lowest BCUT2D eigenvalue weighted by atomic mass is 10.3. The van der Waals surface area contributed by atoms with E-state index in [0.717, 1.165) is 50.0 Å². The summed E-state index contributed by atoms with van der Waals surface area (Å²) >= 11 is 1.89. The highest BCUT2D eigenvalue weighted by atomic mass is 32.2. The first kappa shape index (κ1) is 19.1. The number of hydrogen-bond acceptors (Lipinski definition) is 8. The summed E-state index contributed by atoms with van der Waals surface area (Å²) in [6.07, 6.45) is 5.37. The third-order valence-electron chi connectivity index (χ3n) is 4.90. The van der Waals surface area contributed by atoms with Gasteiger partial charge in [-0.05, 0) is 18.4 Å². The average molecular weight is 403 g/mol. The number of hydrogen-bond donors (Lipinski definition) is 0. The lowest BCUT2D eigenvalue weighted by molar-refractivity contribution is 0.0522. The van der Waals surface area contributed by atoms with Gasteiger partial charge in [-0.25, -0.2) is 9.97 Å². The lowest BCUT2D eigenvalue weighted by Crippen LogP contribution is -2.47. The Kier molecular flexibility index (Phi) is 6.38. The minimum Gasteiger partial charge on any atom is -0.486 e. The topological polar surface area (TPSA) is 60.0 Å². The van der Waals surface area contributed by atoms with Crippen LogP contribution in [0.25, 0.3) is 0 Å². The molecule has 150 valence electrons. The molecule has 28 heavy (non-hydrogen) atoms. The summed E-state index contributed by atoms with van der Waals surface area (Å²) in [5.41, 5.74) is 0. The molecule has 1 fully saturated rings. The smallest absolute Gasteiger partial charge is 0.257 e. The standard InChI is InChI=1S/C20H26N4O3S/c1-28-13-12-23-8-10-24(11-9-23)19-20(22-7-6-21-19)26-15-16-14-25-17-4-2-3-5-18(17)27-16/h2-7,16H,8-15H2,1H3. The Balaban J connectivity index is 1.34. The minimum absolute atomic E-state index is 0.173. The fourth-order valence-electron chi connectivity index (χ4n) is 3.36. The molecule has 2 aliphatic heterocycles. The van der Waals surface area contributed by atoms with Crippen LogP contribution in [0.15, 0.2) is 36.7 Å². The van der Waals surface area contributed by atoms with Crippen LogP contribution in [0, 0.1) is 0 Å². The quantitative estimate of drug-likeness (QED) is 0.699. The fraction of sp³-hybridized carbons (Fsp3) is 0.500. The third kappa shape index (κ3) is 4.62. The van der Waals surface area contributed by atoms with Crippen LogP contribution in [-0.4, -0.2) is 78.9 Å². The van der Waals surface area contributed by atoms with E-state index in [4.69, 9.17) is 14.2 Å². The van der Waals surface area contributed by atoms with Crippen molar-refractivity contribution in [1.29, 1.82) is 0 Å². The van der Waals surface area contributed by atoms with E-state index >= 15 is 0 Å². The number of piperazine rings is 1. The number of aromatic nitrogens is 2. The Hall–Kier alpha value is -2.19. The second kappa shape index (κ2) is 9.34. The minimum atomic E-state index is -0.173. The number of benzene rings is 1. The second-order valence-electron chi connectivity index (χ2n) is 6.82. The summed E-state index contributed by atoms with van der Waals surface area (Å²) in [6, 6.07) is 7.69. The number of anilines is 1. The van der Waals surface area contributed by atoms with Crippen molar-refractivity contribution < 1.29 is 14.2 Å². The average Bonchev–Trinajstić information content (AvgIpc) is 2.77. The molecule has 4 rings (SSSR count). The van der Waals surface area contributed by atoms with Gasteiger partial charge in [0.15, 0.2) is 23.4 Å². The van der Waals surface area contributed by atoms with Crippen LogP contribution < -0.4 is 19.1 Å². The van der Waals surface area contributed by atoms with Gasteiger partial charge in [-0.15, -0.1) is 0 Å². The Labute approximate surface area is 170 Å². The Morgan fingerprint density at radius 1 is 1.11 bits per heavy atom. The van der Waals surface area contributed by atoms with Crippen LogP contribution in [0.4, 0.5) is 5.82 Å². The normalized spacial score (nSPS) is 19.5. The van der Waals surface area contributed by atoms with Gasteiger partial charge >= 0.3 is 0 Å². The van der Waals surface area contributed by atoms with E-state index in [1.807, 2.05) is 36.0 Å². The van der Waals surface area contributed by atoms with E-state index in [1.165, 1.54) is 5.75 Å². The molecule has 0 N–H and O–H groups in total. The highest BCUT2D eigenvalue weighted by Crippen LogP contribution is 2.31. The molecule has 0 bridgehead atoms. The van der Waals surface area contributed by atoms with Crippen LogP contribution in [-0.2, 0) is 0 Å². The molecular weight excluding hydrogens is 376 g/mol. The van der Waals surface area contributed by atoms with Gasteiger partial charge in [0.1, 0.15) is 13.2 Å². The maximum Gasteiger partial charge on any atom is 0.257 e. The zero-order valence-corrected chi connectivity index (χ0v) is 16.9. The molecule has 0 radical (unpaired) electrons. The molecule has 1 aromatic heterocycles. The van der Waals surface area contributed by atoms with Crippen molar-refractivity contribution in [1.82, 2.24) is 14.9 Å². The van der Waals surface area contributed by atoms with Gasteiger partial charge in [0.05, 0.1) is 0 Å². The molecule has 0 aliphatic carbocycles. The Bertz CT molecular complexity index is 771. The monoisotopic (exact) mass is 402 g/mol. The van der Waals surface area contributed by atoms with E-state index in [9.17, 15) is 0 Å². The van der Waals surface area contributed by atoms with Gasteiger partial charge < -0.3 is 19.1 Å². The van der Waals surface area contributed by atoms with Crippen LogP contribution in [0.1, 0.15) is 0 Å². The molecule has 3 heterocycles. The molecular formula is C20H26N4O3S. The maximum absolute atomic E-state index is 6.00. The highest BCUT2D eigenvalue weighted by molar-refractivity contribution is 7.98. The van der Waals surface area contributed by atoms with E-state index in [1.54, 1.807) is 12.4 Å². The summed E-state index contributed by atoms with van der Waals surface area (Å²) in [4.78, 5) is 13.7. The van der Waals surface area contributed by atoms with Crippen LogP contribution in [0.5, 0.6) is 17.4 Å². The number of rotatable bonds is 7. The van der Waals surface area contributed by atoms with Crippen LogP contribution >= 0.6 is 11.8 Å². The predicted octanol–water partition coefficient (Wildman–Crippen LogP) is 2.18. The van der Waals surface area contributed by atoms with Crippen molar-refractivity contribution in [2.75, 3.05) is 62.8 Å². The van der Waals surface area contributed by atoms with Crippen LogP contribution in [0.3, 0.4) is 0 Å². The maximum atomic E-state index is 6.00. The SMILES string of the molecule is CSCCN1CCN(c2nccnc2OCC2COc3ccccc3O2)CC1. The number of nitrogens with zero attached hydrogens (tertiary/aromatic N) is 4. The number of ether oxygens (including phenoxy) is 3. The summed E-state index contributed by atoms with van der Waals surface area (Å²) in [7, 11) is 0. The highest BCUT2D eigenvalue weighted by Gasteiger charge is 2.24. The Morgan fingerprint density at radius 2 is 1.89 bits per heavy atom. The molecule has 2 aliphatic rings. The van der Waals surface area contributed by atoms with E-state index in [-0.39, 0.29) is 6.10 Å². The molecule has 1 saturated heterocycles. The Morgan fingerprint density at radius 3 is 2.71 bits per heavy atom. The lowest BCUT2D eigenvalue weighted by Gasteiger charge is -2.35. The molecule has 1 aromatic carbocycles. The molecule has 1 unspecified atom stereocenters. The number of para-hydroxylation sites is 2. The van der Waals surface area contributed by atoms with Gasteiger partial charge in [-0.1, -0.05) is 12.1 Å². The third-order valence-corrected chi connectivity index (χ3v) is 5.49. The van der Waals surface area contributed by atoms with Crippen molar-refractivity contribution in [2.24, 2.45) is 0 Å². The zero-order chi connectivity index (χ0) is 19.2. The molecule has 8 heteroatoms. The molecule has 2 aromatic rings. The zero-order valence-electron chi connectivity index (χ0n) is 16.1. The van der Waals surface area contributed by atoms with Gasteiger partial charge in [-0.3, -0.25) is 4.90 Å². The largest absolute Gasteiger partial charge is 0.486 e. The first-order valence-electron chi connectivity index (χ1n) is 9.62. The van der Waals surface area contributed by atoms with Crippen LogP contribution in [0.2, 0.25) is 0 Å². The first-order chi connectivity index (χ1) is 13.8. The number of fused-ring (bicyclic) bond motifs is 1. The van der Waals surface area contributed by atoms with Gasteiger partial charge in [0.2, 0.25) is 0 Å². The fourth-order valence-corrected chi connectivity index (χ4v) is 3.80. The van der Waals surface area contributed by atoms with E-state index in [0.29, 0.717) is 19.1 Å². The van der Waals surface area contributed by atoms with Crippen molar-refractivity contribution in [2.45, 2.75) is 6.10 Å². The summed E-state index contributed by atoms with van der Waals surface area (Å²) in [5, 5.41) is 0. The summed E-state index contributed by atoms with van der Waals surface area (Å²) in [5.74, 6) is 4.07. The van der Waals surface area contributed by atoms with Gasteiger partial charge in [-0.2, -0.15) is 11.8 Å². The van der Waals surface area contributed by atoms with Crippen molar-refractivity contribution in [3.8, 4) is 17.4 Å². The first-order valence-corrected chi connectivity index (χ1v) is 11.0. The van der Waals surface area contributed by atoms with E-state index < -0.39 is 0 Å².